The maximum absolute atomic E-state index is 12.3. The van der Waals surface area contributed by atoms with Crippen molar-refractivity contribution >= 4 is 27.0 Å². The zero-order valence-corrected chi connectivity index (χ0v) is 12.7. The van der Waals surface area contributed by atoms with Crippen LogP contribution < -0.4 is 10.9 Å². The molecule has 19 heavy (non-hydrogen) atoms. The molecule has 1 heterocycles. The molecule has 0 aromatic heterocycles. The van der Waals surface area contributed by atoms with Gasteiger partial charge in [-0.3, -0.25) is 5.43 Å². The van der Waals surface area contributed by atoms with E-state index >= 15 is 0 Å². The summed E-state index contributed by atoms with van der Waals surface area (Å²) in [6, 6.07) is 5.50. The van der Waals surface area contributed by atoms with Gasteiger partial charge in [0.25, 0.3) is 10.0 Å². The van der Waals surface area contributed by atoms with E-state index in [1.54, 1.807) is 13.0 Å². The smallest absolute Gasteiger partial charge is 0.285 e. The molecular formula is C12H17N3O2S2. The largest absolute Gasteiger partial charge is 0.299 e. The van der Waals surface area contributed by atoms with Crippen LogP contribution in [-0.4, -0.2) is 19.5 Å². The number of hydrazine groups is 1. The molecule has 0 radical (unpaired) electrons. The van der Waals surface area contributed by atoms with Gasteiger partial charge in [0.2, 0.25) is 0 Å². The summed E-state index contributed by atoms with van der Waals surface area (Å²) in [6.45, 7) is 5.85. The molecule has 104 valence electrons. The average molecular weight is 299 g/mol. The van der Waals surface area contributed by atoms with Gasteiger partial charge in [-0.2, -0.15) is 8.42 Å². The summed E-state index contributed by atoms with van der Waals surface area (Å²) in [7, 11) is -3.67. The van der Waals surface area contributed by atoms with Gasteiger partial charge in [0.15, 0.2) is 5.17 Å². The number of benzene rings is 1. The molecule has 1 aliphatic rings. The summed E-state index contributed by atoms with van der Waals surface area (Å²) in [5.74, 6) is 0.891. The maximum atomic E-state index is 12.3. The second-order valence-electron chi connectivity index (χ2n) is 4.64. The van der Waals surface area contributed by atoms with Crippen molar-refractivity contribution in [1.82, 2.24) is 10.9 Å². The summed E-state index contributed by atoms with van der Waals surface area (Å²) >= 11 is 1.33. The number of rotatable bonds is 3. The van der Waals surface area contributed by atoms with Crippen molar-refractivity contribution in [2.75, 3.05) is 5.88 Å². The summed E-state index contributed by atoms with van der Waals surface area (Å²) in [6.07, 6.45) is 0. The molecule has 0 atom stereocenters. The summed E-state index contributed by atoms with van der Waals surface area (Å²) < 4.78 is 28.4. The number of hydrogen-bond donors (Lipinski definition) is 2. The molecule has 1 aromatic rings. The van der Waals surface area contributed by atoms with Gasteiger partial charge in [0.05, 0.1) is 10.8 Å². The summed E-state index contributed by atoms with van der Waals surface area (Å²) in [5.41, 5.74) is 7.24. The van der Waals surface area contributed by atoms with E-state index in [-0.39, 0.29) is 10.8 Å². The first-order chi connectivity index (χ1) is 8.90. The zero-order valence-electron chi connectivity index (χ0n) is 11.1. The van der Waals surface area contributed by atoms with E-state index in [2.05, 4.69) is 15.2 Å². The minimum Gasteiger partial charge on any atom is -0.299 e. The Hall–Kier alpha value is -1.05. The SMILES string of the molecule is Cc1ccc(C(C)C)cc1S(=O)(=O)N=C1NNCS1. The Balaban J connectivity index is 2.45. The fraction of sp³-hybridized carbons (Fsp3) is 0.417. The first-order valence-electron chi connectivity index (χ1n) is 5.97. The molecule has 1 saturated heterocycles. The van der Waals surface area contributed by atoms with Crippen molar-refractivity contribution in [3.63, 3.8) is 0 Å². The van der Waals surface area contributed by atoms with E-state index in [0.717, 1.165) is 5.56 Å². The lowest BCUT2D eigenvalue weighted by atomic mass is 10.0. The van der Waals surface area contributed by atoms with Crippen LogP contribution in [0, 0.1) is 6.92 Å². The number of nitrogens with one attached hydrogen (secondary N) is 2. The van der Waals surface area contributed by atoms with Gasteiger partial charge in [-0.25, -0.2) is 5.43 Å². The minimum atomic E-state index is -3.67. The highest BCUT2D eigenvalue weighted by Crippen LogP contribution is 2.24. The lowest BCUT2D eigenvalue weighted by Gasteiger charge is -2.10. The Kier molecular flexibility index (Phi) is 4.17. The van der Waals surface area contributed by atoms with E-state index in [9.17, 15) is 8.42 Å². The van der Waals surface area contributed by atoms with Crippen LogP contribution >= 0.6 is 11.8 Å². The van der Waals surface area contributed by atoms with Crippen LogP contribution in [-0.2, 0) is 10.0 Å². The van der Waals surface area contributed by atoms with Crippen LogP contribution in [0.3, 0.4) is 0 Å². The third-order valence-electron chi connectivity index (χ3n) is 2.84. The Morgan fingerprint density at radius 1 is 1.37 bits per heavy atom. The molecule has 0 spiro atoms. The molecule has 2 N–H and O–H groups in total. The molecule has 7 heteroatoms. The number of hydrogen-bond acceptors (Lipinski definition) is 4. The van der Waals surface area contributed by atoms with Crippen molar-refractivity contribution < 1.29 is 8.42 Å². The normalized spacial score (nSPS) is 18.0. The van der Waals surface area contributed by atoms with Gasteiger partial charge in [0.1, 0.15) is 0 Å². The minimum absolute atomic E-state index is 0.278. The van der Waals surface area contributed by atoms with E-state index in [1.165, 1.54) is 11.8 Å². The maximum Gasteiger partial charge on any atom is 0.285 e. The standard InChI is InChI=1S/C12H17N3O2S2/c1-8(2)10-5-4-9(3)11(6-10)19(16,17)15-12-14-13-7-18-12/h4-6,8,13H,7H2,1-3H3,(H,14,15). The third kappa shape index (κ3) is 3.29. The van der Waals surface area contributed by atoms with Crippen molar-refractivity contribution in [2.45, 2.75) is 31.6 Å². The molecule has 1 aromatic carbocycles. The van der Waals surface area contributed by atoms with Crippen molar-refractivity contribution in [3.8, 4) is 0 Å². The van der Waals surface area contributed by atoms with Crippen LogP contribution in [0.15, 0.2) is 27.5 Å². The zero-order chi connectivity index (χ0) is 14.0. The quantitative estimate of drug-likeness (QED) is 0.893. The molecule has 0 amide bonds. The van der Waals surface area contributed by atoms with E-state index in [1.807, 2.05) is 26.0 Å². The molecule has 1 aliphatic heterocycles. The summed E-state index contributed by atoms with van der Waals surface area (Å²) in [5, 5.41) is 0.384. The molecule has 1 fully saturated rings. The van der Waals surface area contributed by atoms with Crippen LogP contribution in [0.4, 0.5) is 0 Å². The van der Waals surface area contributed by atoms with Gasteiger partial charge in [-0.1, -0.05) is 37.7 Å². The number of amidine groups is 1. The lowest BCUT2D eigenvalue weighted by molar-refractivity contribution is 0.597. The molecular weight excluding hydrogens is 282 g/mol. The van der Waals surface area contributed by atoms with Gasteiger partial charge in [0, 0.05) is 0 Å². The van der Waals surface area contributed by atoms with Gasteiger partial charge < -0.3 is 0 Å². The highest BCUT2D eigenvalue weighted by Gasteiger charge is 2.20. The molecule has 0 bridgehead atoms. The fourth-order valence-electron chi connectivity index (χ4n) is 1.71. The van der Waals surface area contributed by atoms with Crippen LogP contribution in [0.25, 0.3) is 0 Å². The second kappa shape index (κ2) is 5.52. The number of thioether (sulfide) groups is 1. The molecule has 0 aliphatic carbocycles. The fourth-order valence-corrected chi connectivity index (χ4v) is 3.77. The van der Waals surface area contributed by atoms with E-state index in [4.69, 9.17) is 0 Å². The Labute approximate surface area is 117 Å². The van der Waals surface area contributed by atoms with Gasteiger partial charge in [-0.05, 0) is 30.0 Å². The predicted octanol–water partition coefficient (Wildman–Crippen LogP) is 1.96. The molecule has 2 rings (SSSR count). The number of sulfonamides is 1. The van der Waals surface area contributed by atoms with E-state index in [0.29, 0.717) is 16.6 Å². The Bertz CT molecular complexity index is 601. The monoisotopic (exact) mass is 299 g/mol. The van der Waals surface area contributed by atoms with Crippen molar-refractivity contribution in [3.05, 3.63) is 29.3 Å². The first-order valence-corrected chi connectivity index (χ1v) is 8.40. The topological polar surface area (TPSA) is 70.6 Å². The van der Waals surface area contributed by atoms with Crippen LogP contribution in [0.1, 0.15) is 30.9 Å². The van der Waals surface area contributed by atoms with Crippen LogP contribution in [0.5, 0.6) is 0 Å². The lowest BCUT2D eigenvalue weighted by Crippen LogP contribution is -2.26. The number of aryl methyl sites for hydroxylation is 1. The molecule has 5 nitrogen and oxygen atoms in total. The average Bonchev–Trinajstić information content (AvgIpc) is 2.81. The Morgan fingerprint density at radius 2 is 2.11 bits per heavy atom. The number of nitrogens with zero attached hydrogens (tertiary/aromatic N) is 1. The summed E-state index contributed by atoms with van der Waals surface area (Å²) in [4.78, 5) is 0.278. The van der Waals surface area contributed by atoms with Gasteiger partial charge in [-0.15, -0.1) is 4.40 Å². The second-order valence-corrected chi connectivity index (χ2v) is 7.18. The third-order valence-corrected chi connectivity index (χ3v) is 5.13. The van der Waals surface area contributed by atoms with Crippen LogP contribution in [0.2, 0.25) is 0 Å². The highest BCUT2D eigenvalue weighted by atomic mass is 32.2. The molecule has 0 unspecified atom stereocenters. The highest BCUT2D eigenvalue weighted by molar-refractivity contribution is 8.14. The van der Waals surface area contributed by atoms with E-state index < -0.39 is 10.0 Å². The first kappa shape index (κ1) is 14.4. The molecule has 0 saturated carbocycles. The van der Waals surface area contributed by atoms with Crippen molar-refractivity contribution in [1.29, 1.82) is 0 Å². The predicted molar refractivity (Wildman–Crippen MR) is 78.6 cm³/mol. The van der Waals surface area contributed by atoms with Crippen molar-refractivity contribution in [2.24, 2.45) is 4.40 Å². The van der Waals surface area contributed by atoms with Gasteiger partial charge >= 0.3 is 0 Å². The Morgan fingerprint density at radius 3 is 2.68 bits per heavy atom.